The molecule has 0 aliphatic carbocycles. The Balaban J connectivity index is 1.44. The largest absolute Gasteiger partial charge is 0.493 e. The lowest BCUT2D eigenvalue weighted by Crippen LogP contribution is -2.24. The Morgan fingerprint density at radius 1 is 0.400 bits per heavy atom. The summed E-state index contributed by atoms with van der Waals surface area (Å²) in [5, 5.41) is 14.0. The first-order valence-electron chi connectivity index (χ1n) is 14.0. The molecule has 0 aromatic heterocycles. The molecule has 0 amide bonds. The van der Waals surface area contributed by atoms with Crippen molar-refractivity contribution in [3.63, 3.8) is 0 Å². The molecule has 0 saturated carbocycles. The predicted octanol–water partition coefficient (Wildman–Crippen LogP) is 3.36. The zero-order valence-corrected chi connectivity index (χ0v) is 25.2. The number of rotatable bonds is 23. The average molecular weight is 563 g/mol. The van der Waals surface area contributed by atoms with E-state index in [9.17, 15) is 0 Å². The van der Waals surface area contributed by atoms with E-state index in [4.69, 9.17) is 28.4 Å². The molecule has 4 N–H and O–H groups in total. The molecule has 0 aliphatic rings. The second-order valence-corrected chi connectivity index (χ2v) is 9.33. The molecule has 2 rings (SSSR count). The van der Waals surface area contributed by atoms with Crippen molar-refractivity contribution < 1.29 is 28.4 Å². The number of unbranched alkanes of at least 4 members (excludes halogenated alkanes) is 1. The summed E-state index contributed by atoms with van der Waals surface area (Å²) in [5.74, 6) is 3.96. The number of hydrogen-bond acceptors (Lipinski definition) is 10. The van der Waals surface area contributed by atoms with Gasteiger partial charge in [0.1, 0.15) is 0 Å². The fraction of sp³-hybridized carbons (Fsp3) is 0.600. The molecular weight excluding hydrogens is 512 g/mol. The van der Waals surface area contributed by atoms with Crippen molar-refractivity contribution in [3.8, 4) is 34.5 Å². The maximum absolute atomic E-state index is 5.42. The maximum Gasteiger partial charge on any atom is 0.203 e. The predicted molar refractivity (Wildman–Crippen MR) is 160 cm³/mol. The lowest BCUT2D eigenvalue weighted by Gasteiger charge is -2.14. The van der Waals surface area contributed by atoms with E-state index < -0.39 is 0 Å². The van der Waals surface area contributed by atoms with Gasteiger partial charge in [-0.1, -0.05) is 0 Å². The average Bonchev–Trinajstić information content (AvgIpc) is 2.99. The van der Waals surface area contributed by atoms with Gasteiger partial charge in [-0.15, -0.1) is 0 Å². The van der Waals surface area contributed by atoms with Crippen molar-refractivity contribution in [2.24, 2.45) is 0 Å². The topological polar surface area (TPSA) is 104 Å². The first-order valence-corrected chi connectivity index (χ1v) is 14.0. The Bertz CT molecular complexity index is 848. The van der Waals surface area contributed by atoms with Crippen molar-refractivity contribution in [1.29, 1.82) is 0 Å². The van der Waals surface area contributed by atoms with Crippen LogP contribution in [0.25, 0.3) is 0 Å². The summed E-state index contributed by atoms with van der Waals surface area (Å²) in [6, 6.07) is 7.92. The quantitative estimate of drug-likeness (QED) is 0.151. The minimum atomic E-state index is 0.620. The highest BCUT2D eigenvalue weighted by molar-refractivity contribution is 5.54. The summed E-state index contributed by atoms with van der Waals surface area (Å²) < 4.78 is 32.5. The molecule has 10 heteroatoms. The van der Waals surface area contributed by atoms with Crippen molar-refractivity contribution in [2.45, 2.75) is 38.8 Å². The second-order valence-electron chi connectivity index (χ2n) is 9.33. The van der Waals surface area contributed by atoms with Crippen LogP contribution in [0.4, 0.5) is 0 Å². The summed E-state index contributed by atoms with van der Waals surface area (Å²) in [7, 11) is 9.77. The van der Waals surface area contributed by atoms with E-state index in [0.717, 1.165) is 76.3 Å². The number of hydrogen-bond donors (Lipinski definition) is 4. The van der Waals surface area contributed by atoms with Crippen LogP contribution in [0.2, 0.25) is 0 Å². The number of benzene rings is 2. The van der Waals surface area contributed by atoms with Gasteiger partial charge in [0, 0.05) is 13.1 Å². The SMILES string of the molecule is COc1cc(CNCCCNCCCCNCCCNCc2cc(OC)c(OC)c(OC)c2)cc(OC)c1OC. The third-order valence-electron chi connectivity index (χ3n) is 6.48. The van der Waals surface area contributed by atoms with E-state index in [1.165, 1.54) is 12.8 Å². The Kier molecular flexibility index (Phi) is 16.7. The molecule has 0 heterocycles. The van der Waals surface area contributed by atoms with Crippen LogP contribution in [0.1, 0.15) is 36.8 Å². The van der Waals surface area contributed by atoms with Crippen LogP contribution in [0.15, 0.2) is 24.3 Å². The Hall–Kier alpha value is -2.92. The molecule has 0 atom stereocenters. The molecule has 226 valence electrons. The highest BCUT2D eigenvalue weighted by atomic mass is 16.5. The lowest BCUT2D eigenvalue weighted by molar-refractivity contribution is 0.323. The summed E-state index contributed by atoms with van der Waals surface area (Å²) in [6.07, 6.45) is 4.49. The molecule has 0 aliphatic heterocycles. The highest BCUT2D eigenvalue weighted by Crippen LogP contribution is 2.39. The standard InChI is InChI=1S/C30H50N4O6/c1-35-25-17-23(18-26(36-2)29(25)39-5)21-33-15-9-13-31-11-7-8-12-32-14-10-16-34-22-24-19-27(37-3)30(40-6)28(20-24)38-4/h17-20,31-34H,7-16,21-22H2,1-6H3. The second kappa shape index (κ2) is 20.0. The number of methoxy groups -OCH3 is 6. The zero-order valence-electron chi connectivity index (χ0n) is 25.2. The maximum atomic E-state index is 5.42. The molecule has 0 bridgehead atoms. The molecule has 10 nitrogen and oxygen atoms in total. The van der Waals surface area contributed by atoms with Gasteiger partial charge in [0.25, 0.3) is 0 Å². The molecule has 0 radical (unpaired) electrons. The van der Waals surface area contributed by atoms with Crippen LogP contribution >= 0.6 is 0 Å². The smallest absolute Gasteiger partial charge is 0.203 e. The van der Waals surface area contributed by atoms with Gasteiger partial charge in [0.15, 0.2) is 23.0 Å². The molecule has 2 aromatic carbocycles. The van der Waals surface area contributed by atoms with Crippen molar-refractivity contribution in [1.82, 2.24) is 21.3 Å². The van der Waals surface area contributed by atoms with Gasteiger partial charge in [-0.05, 0) is 100 Å². The first kappa shape index (κ1) is 33.3. The fourth-order valence-corrected chi connectivity index (χ4v) is 4.37. The summed E-state index contributed by atoms with van der Waals surface area (Å²) >= 11 is 0. The minimum absolute atomic E-state index is 0.620. The Morgan fingerprint density at radius 2 is 0.700 bits per heavy atom. The Labute approximate surface area is 240 Å². The van der Waals surface area contributed by atoms with Crippen LogP contribution in [-0.2, 0) is 13.1 Å². The van der Waals surface area contributed by atoms with E-state index >= 15 is 0 Å². The molecule has 0 fully saturated rings. The van der Waals surface area contributed by atoms with Gasteiger partial charge in [-0.2, -0.15) is 0 Å². The fourth-order valence-electron chi connectivity index (χ4n) is 4.37. The van der Waals surface area contributed by atoms with Crippen molar-refractivity contribution in [3.05, 3.63) is 35.4 Å². The van der Waals surface area contributed by atoms with Crippen LogP contribution in [0.5, 0.6) is 34.5 Å². The van der Waals surface area contributed by atoms with E-state index in [1.54, 1.807) is 42.7 Å². The highest BCUT2D eigenvalue weighted by Gasteiger charge is 2.14. The number of nitrogens with one attached hydrogen (secondary N) is 4. The lowest BCUT2D eigenvalue weighted by atomic mass is 10.1. The first-order chi connectivity index (χ1) is 19.6. The van der Waals surface area contributed by atoms with Gasteiger partial charge in [-0.3, -0.25) is 0 Å². The summed E-state index contributed by atoms with van der Waals surface area (Å²) in [4.78, 5) is 0. The molecule has 0 saturated heterocycles. The Morgan fingerprint density at radius 3 is 1.00 bits per heavy atom. The molecular formula is C30H50N4O6. The summed E-state index contributed by atoms with van der Waals surface area (Å²) in [5.41, 5.74) is 2.20. The van der Waals surface area contributed by atoms with Crippen LogP contribution in [0, 0.1) is 0 Å². The van der Waals surface area contributed by atoms with Crippen molar-refractivity contribution in [2.75, 3.05) is 81.9 Å². The zero-order chi connectivity index (χ0) is 29.0. The van der Waals surface area contributed by atoms with Gasteiger partial charge < -0.3 is 49.7 Å². The van der Waals surface area contributed by atoms with Crippen molar-refractivity contribution >= 4 is 0 Å². The molecule has 0 spiro atoms. The third kappa shape index (κ3) is 11.3. The minimum Gasteiger partial charge on any atom is -0.493 e. The van der Waals surface area contributed by atoms with Gasteiger partial charge in [0.05, 0.1) is 42.7 Å². The molecule has 0 unspecified atom stereocenters. The van der Waals surface area contributed by atoms with E-state index in [1.807, 2.05) is 24.3 Å². The van der Waals surface area contributed by atoms with Crippen LogP contribution < -0.4 is 49.7 Å². The number of ether oxygens (including phenoxy) is 6. The van der Waals surface area contributed by atoms with Crippen LogP contribution in [-0.4, -0.2) is 81.9 Å². The van der Waals surface area contributed by atoms with Gasteiger partial charge in [-0.25, -0.2) is 0 Å². The van der Waals surface area contributed by atoms with Crippen LogP contribution in [0.3, 0.4) is 0 Å². The van der Waals surface area contributed by atoms with Gasteiger partial charge >= 0.3 is 0 Å². The normalized spacial score (nSPS) is 10.8. The van der Waals surface area contributed by atoms with E-state index in [-0.39, 0.29) is 0 Å². The summed E-state index contributed by atoms with van der Waals surface area (Å²) in [6.45, 7) is 7.50. The van der Waals surface area contributed by atoms with E-state index in [2.05, 4.69) is 21.3 Å². The monoisotopic (exact) mass is 562 g/mol. The molecule has 40 heavy (non-hydrogen) atoms. The van der Waals surface area contributed by atoms with E-state index in [0.29, 0.717) is 34.5 Å². The third-order valence-corrected chi connectivity index (χ3v) is 6.48. The van der Waals surface area contributed by atoms with Gasteiger partial charge in [0.2, 0.25) is 11.5 Å². The molecule has 2 aromatic rings.